The average Bonchev–Trinajstić information content (AvgIpc) is 2.37. The molecule has 0 radical (unpaired) electrons. The molecule has 1 aromatic carbocycles. The van der Waals surface area contributed by atoms with Crippen LogP contribution in [-0.2, 0) is 4.74 Å². The van der Waals surface area contributed by atoms with E-state index < -0.39 is 17.2 Å². The lowest BCUT2D eigenvalue weighted by molar-refractivity contribution is 0.0460. The molecule has 0 spiro atoms. The minimum atomic E-state index is -0.644. The highest BCUT2D eigenvalue weighted by Crippen LogP contribution is 2.15. The van der Waals surface area contributed by atoms with Crippen molar-refractivity contribution in [2.45, 2.75) is 45.8 Å². The maximum Gasteiger partial charge on any atom is 0.408 e. The SMILES string of the molecule is CN(CC(C)(C)NC(=O)OC(C)(C)C)C(=O)Nc1ccc(Cl)cc1. The van der Waals surface area contributed by atoms with E-state index in [2.05, 4.69) is 10.6 Å². The third-order valence-electron chi connectivity index (χ3n) is 2.91. The molecule has 0 atom stereocenters. The largest absolute Gasteiger partial charge is 0.444 e. The number of rotatable bonds is 4. The predicted molar refractivity (Wildman–Crippen MR) is 96.5 cm³/mol. The molecule has 0 heterocycles. The minimum absolute atomic E-state index is 0.281. The molecule has 0 unspecified atom stereocenters. The maximum atomic E-state index is 12.2. The number of alkyl carbamates (subject to hydrolysis) is 1. The summed E-state index contributed by atoms with van der Waals surface area (Å²) in [4.78, 5) is 25.6. The van der Waals surface area contributed by atoms with Crippen molar-refractivity contribution in [1.82, 2.24) is 10.2 Å². The number of carbonyl (C=O) groups is 2. The Morgan fingerprint density at radius 1 is 1.12 bits per heavy atom. The van der Waals surface area contributed by atoms with Crippen LogP contribution in [0.2, 0.25) is 5.02 Å². The van der Waals surface area contributed by atoms with E-state index in [-0.39, 0.29) is 6.03 Å². The highest BCUT2D eigenvalue weighted by molar-refractivity contribution is 6.30. The number of nitrogens with zero attached hydrogens (tertiary/aromatic N) is 1. The third kappa shape index (κ3) is 7.55. The van der Waals surface area contributed by atoms with Crippen LogP contribution in [-0.4, -0.2) is 41.8 Å². The van der Waals surface area contributed by atoms with E-state index in [4.69, 9.17) is 16.3 Å². The Labute approximate surface area is 148 Å². The summed E-state index contributed by atoms with van der Waals surface area (Å²) in [6.45, 7) is 9.35. The quantitative estimate of drug-likeness (QED) is 0.853. The van der Waals surface area contributed by atoms with Gasteiger partial charge in [0.1, 0.15) is 5.60 Å². The topological polar surface area (TPSA) is 70.7 Å². The summed E-state index contributed by atoms with van der Waals surface area (Å²) in [5, 5.41) is 6.14. The van der Waals surface area contributed by atoms with E-state index >= 15 is 0 Å². The lowest BCUT2D eigenvalue weighted by Crippen LogP contribution is -2.53. The van der Waals surface area contributed by atoms with Crippen molar-refractivity contribution in [3.05, 3.63) is 29.3 Å². The molecule has 0 fully saturated rings. The van der Waals surface area contributed by atoms with Crippen molar-refractivity contribution in [3.63, 3.8) is 0 Å². The van der Waals surface area contributed by atoms with Gasteiger partial charge in [-0.15, -0.1) is 0 Å². The lowest BCUT2D eigenvalue weighted by Gasteiger charge is -2.32. The molecule has 0 saturated carbocycles. The number of ether oxygens (including phenoxy) is 1. The van der Waals surface area contributed by atoms with Gasteiger partial charge in [0.05, 0.1) is 5.54 Å². The zero-order valence-electron chi connectivity index (χ0n) is 15.1. The van der Waals surface area contributed by atoms with E-state index in [9.17, 15) is 9.59 Å². The van der Waals surface area contributed by atoms with E-state index in [0.717, 1.165) is 0 Å². The Hall–Kier alpha value is -1.95. The molecule has 0 aromatic heterocycles. The predicted octanol–water partition coefficient (Wildman–Crippen LogP) is 4.11. The Balaban J connectivity index is 2.57. The molecule has 0 saturated heterocycles. The summed E-state index contributed by atoms with van der Waals surface area (Å²) >= 11 is 5.82. The molecule has 1 aromatic rings. The monoisotopic (exact) mass is 355 g/mol. The zero-order valence-corrected chi connectivity index (χ0v) is 15.8. The summed E-state index contributed by atoms with van der Waals surface area (Å²) < 4.78 is 5.24. The number of likely N-dealkylation sites (N-methyl/N-ethyl adjacent to an activating group) is 1. The molecule has 24 heavy (non-hydrogen) atoms. The zero-order chi connectivity index (χ0) is 18.5. The Morgan fingerprint density at radius 3 is 2.17 bits per heavy atom. The van der Waals surface area contributed by atoms with Gasteiger partial charge >= 0.3 is 12.1 Å². The van der Waals surface area contributed by atoms with Gasteiger partial charge in [0.15, 0.2) is 0 Å². The molecule has 0 aliphatic rings. The maximum absolute atomic E-state index is 12.2. The van der Waals surface area contributed by atoms with E-state index in [1.165, 1.54) is 4.90 Å². The van der Waals surface area contributed by atoms with Crippen LogP contribution in [0, 0.1) is 0 Å². The van der Waals surface area contributed by atoms with Crippen LogP contribution in [0.1, 0.15) is 34.6 Å². The van der Waals surface area contributed by atoms with Crippen LogP contribution in [0.3, 0.4) is 0 Å². The van der Waals surface area contributed by atoms with Crippen LogP contribution in [0.4, 0.5) is 15.3 Å². The van der Waals surface area contributed by atoms with E-state index in [1.807, 2.05) is 13.8 Å². The van der Waals surface area contributed by atoms with Crippen LogP contribution >= 0.6 is 11.6 Å². The van der Waals surface area contributed by atoms with Crippen LogP contribution in [0.15, 0.2) is 24.3 Å². The van der Waals surface area contributed by atoms with Gasteiger partial charge in [-0.2, -0.15) is 0 Å². The highest BCUT2D eigenvalue weighted by atomic mass is 35.5. The van der Waals surface area contributed by atoms with Gasteiger partial charge in [-0.25, -0.2) is 9.59 Å². The summed E-state index contributed by atoms with van der Waals surface area (Å²) in [5.74, 6) is 0. The van der Waals surface area contributed by atoms with Crippen molar-refractivity contribution in [1.29, 1.82) is 0 Å². The first-order valence-electron chi connectivity index (χ1n) is 7.67. The summed E-state index contributed by atoms with van der Waals surface area (Å²) in [7, 11) is 1.66. The van der Waals surface area contributed by atoms with Crippen molar-refractivity contribution < 1.29 is 14.3 Å². The molecule has 2 N–H and O–H groups in total. The van der Waals surface area contributed by atoms with Crippen molar-refractivity contribution >= 4 is 29.4 Å². The highest BCUT2D eigenvalue weighted by Gasteiger charge is 2.27. The van der Waals surface area contributed by atoms with Gasteiger partial charge in [0.25, 0.3) is 0 Å². The Kier molecular flexibility index (Phi) is 6.49. The smallest absolute Gasteiger partial charge is 0.408 e. The molecule has 1 rings (SSSR count). The number of nitrogens with one attached hydrogen (secondary N) is 2. The van der Waals surface area contributed by atoms with Crippen LogP contribution in [0.25, 0.3) is 0 Å². The molecule has 6 nitrogen and oxygen atoms in total. The standard InChI is InChI=1S/C17H26ClN3O3/c1-16(2,3)24-15(23)20-17(4,5)11-21(6)14(22)19-13-9-7-12(18)8-10-13/h7-10H,11H2,1-6H3,(H,19,22)(H,20,23). The second-order valence-corrected chi connectivity index (χ2v) is 7.74. The molecular weight excluding hydrogens is 330 g/mol. The first-order valence-corrected chi connectivity index (χ1v) is 8.05. The van der Waals surface area contributed by atoms with E-state index in [1.54, 1.807) is 52.1 Å². The second kappa shape index (κ2) is 7.75. The molecule has 7 heteroatoms. The Bertz CT molecular complexity index is 580. The summed E-state index contributed by atoms with van der Waals surface area (Å²) in [6, 6.07) is 6.56. The molecular formula is C17H26ClN3O3. The number of urea groups is 1. The van der Waals surface area contributed by atoms with Crippen LogP contribution < -0.4 is 10.6 Å². The first kappa shape index (κ1) is 20.1. The van der Waals surface area contributed by atoms with Gasteiger partial charge < -0.3 is 20.3 Å². The van der Waals surface area contributed by atoms with Gasteiger partial charge in [-0.05, 0) is 58.9 Å². The fourth-order valence-electron chi connectivity index (χ4n) is 2.04. The lowest BCUT2D eigenvalue weighted by atomic mass is 10.1. The fourth-order valence-corrected chi connectivity index (χ4v) is 2.16. The number of anilines is 1. The first-order chi connectivity index (χ1) is 10.9. The molecule has 134 valence electrons. The van der Waals surface area contributed by atoms with Gasteiger partial charge in [-0.1, -0.05) is 11.6 Å². The van der Waals surface area contributed by atoms with Crippen molar-refractivity contribution in [2.24, 2.45) is 0 Å². The molecule has 0 aliphatic heterocycles. The van der Waals surface area contributed by atoms with Crippen molar-refractivity contribution in [3.8, 4) is 0 Å². The number of halogens is 1. The average molecular weight is 356 g/mol. The molecule has 0 bridgehead atoms. The number of amides is 3. The minimum Gasteiger partial charge on any atom is -0.444 e. The molecule has 3 amide bonds. The van der Waals surface area contributed by atoms with Gasteiger partial charge in [-0.3, -0.25) is 0 Å². The fraction of sp³-hybridized carbons (Fsp3) is 0.529. The van der Waals surface area contributed by atoms with Crippen molar-refractivity contribution in [2.75, 3.05) is 18.9 Å². The summed E-state index contributed by atoms with van der Waals surface area (Å²) in [6.07, 6.45) is -0.515. The number of hydrogen-bond acceptors (Lipinski definition) is 3. The Morgan fingerprint density at radius 2 is 1.67 bits per heavy atom. The third-order valence-corrected chi connectivity index (χ3v) is 3.17. The number of carbonyl (C=O) groups excluding carboxylic acids is 2. The second-order valence-electron chi connectivity index (χ2n) is 7.30. The molecule has 0 aliphatic carbocycles. The van der Waals surface area contributed by atoms with Gasteiger partial charge in [0.2, 0.25) is 0 Å². The van der Waals surface area contributed by atoms with E-state index in [0.29, 0.717) is 17.3 Å². The van der Waals surface area contributed by atoms with Crippen LogP contribution in [0.5, 0.6) is 0 Å². The number of hydrogen-bond donors (Lipinski definition) is 2. The summed E-state index contributed by atoms with van der Waals surface area (Å²) in [5.41, 5.74) is -0.568. The van der Waals surface area contributed by atoms with Gasteiger partial charge in [0, 0.05) is 24.3 Å². The number of benzene rings is 1. The normalized spacial score (nSPS) is 11.6.